The minimum absolute atomic E-state index is 0.0498. The molecular formula is C12H20N2O. The molecule has 0 saturated heterocycles. The summed E-state index contributed by atoms with van der Waals surface area (Å²) >= 11 is 0. The third-order valence-corrected chi connectivity index (χ3v) is 3.11. The molecule has 0 atom stereocenters. The highest BCUT2D eigenvalue weighted by Crippen LogP contribution is 2.22. The Labute approximate surface area is 91.8 Å². The predicted octanol–water partition coefficient (Wildman–Crippen LogP) is 2.20. The summed E-state index contributed by atoms with van der Waals surface area (Å²) in [6, 6.07) is 3.85. The van der Waals surface area contributed by atoms with E-state index in [9.17, 15) is 0 Å². The number of anilines is 1. The van der Waals surface area contributed by atoms with Crippen molar-refractivity contribution in [2.45, 2.75) is 39.3 Å². The lowest BCUT2D eigenvalue weighted by atomic mass is 10.00. The lowest BCUT2D eigenvalue weighted by Gasteiger charge is -2.35. The van der Waals surface area contributed by atoms with E-state index in [4.69, 9.17) is 5.11 Å². The Morgan fingerprint density at radius 1 is 1.40 bits per heavy atom. The van der Waals surface area contributed by atoms with Crippen molar-refractivity contribution >= 4 is 5.82 Å². The average Bonchev–Trinajstić information content (AvgIpc) is 2.28. The Kier molecular flexibility index (Phi) is 3.69. The van der Waals surface area contributed by atoms with Crippen LogP contribution in [0, 0.1) is 0 Å². The molecule has 3 nitrogen and oxygen atoms in total. The molecule has 1 heterocycles. The molecule has 84 valence electrons. The molecule has 0 aliphatic carbocycles. The molecule has 0 unspecified atom stereocenters. The fourth-order valence-corrected chi connectivity index (χ4v) is 1.26. The Morgan fingerprint density at radius 3 is 2.47 bits per heavy atom. The zero-order chi connectivity index (χ0) is 11.5. The Hall–Kier alpha value is -1.09. The van der Waals surface area contributed by atoms with Crippen molar-refractivity contribution in [3.8, 4) is 0 Å². The van der Waals surface area contributed by atoms with E-state index in [1.54, 1.807) is 6.20 Å². The molecule has 0 radical (unpaired) electrons. The molecule has 1 rings (SSSR count). The SMILES string of the molecule is CCC(C)(C)N(C)c1ccc(CO)cn1. The zero-order valence-corrected chi connectivity index (χ0v) is 9.99. The summed E-state index contributed by atoms with van der Waals surface area (Å²) in [5.41, 5.74) is 0.953. The van der Waals surface area contributed by atoms with E-state index in [1.165, 1.54) is 0 Å². The summed E-state index contributed by atoms with van der Waals surface area (Å²) in [4.78, 5) is 6.49. The molecule has 15 heavy (non-hydrogen) atoms. The smallest absolute Gasteiger partial charge is 0.128 e. The minimum atomic E-state index is 0.0498. The van der Waals surface area contributed by atoms with E-state index in [2.05, 4.69) is 30.7 Å². The Morgan fingerprint density at radius 2 is 2.07 bits per heavy atom. The monoisotopic (exact) mass is 208 g/mol. The van der Waals surface area contributed by atoms with Crippen molar-refractivity contribution in [2.75, 3.05) is 11.9 Å². The summed E-state index contributed by atoms with van der Waals surface area (Å²) in [5.74, 6) is 0.944. The van der Waals surface area contributed by atoms with Gasteiger partial charge in [0.1, 0.15) is 5.82 Å². The highest BCUT2D eigenvalue weighted by molar-refractivity contribution is 5.41. The van der Waals surface area contributed by atoms with Gasteiger partial charge < -0.3 is 10.0 Å². The summed E-state index contributed by atoms with van der Waals surface area (Å²) in [5, 5.41) is 8.92. The van der Waals surface area contributed by atoms with Crippen molar-refractivity contribution in [3.05, 3.63) is 23.9 Å². The third-order valence-electron chi connectivity index (χ3n) is 3.11. The average molecular weight is 208 g/mol. The van der Waals surface area contributed by atoms with Crippen molar-refractivity contribution in [2.24, 2.45) is 0 Å². The summed E-state index contributed by atoms with van der Waals surface area (Å²) in [6.07, 6.45) is 2.78. The maximum Gasteiger partial charge on any atom is 0.128 e. The maximum absolute atomic E-state index is 8.92. The summed E-state index contributed by atoms with van der Waals surface area (Å²) < 4.78 is 0. The number of nitrogens with zero attached hydrogens (tertiary/aromatic N) is 2. The highest BCUT2D eigenvalue weighted by atomic mass is 16.3. The van der Waals surface area contributed by atoms with Crippen LogP contribution in [0.2, 0.25) is 0 Å². The van der Waals surface area contributed by atoms with Crippen LogP contribution >= 0.6 is 0 Å². The molecule has 1 N–H and O–H groups in total. The van der Waals surface area contributed by atoms with Crippen LogP contribution < -0.4 is 4.90 Å². The molecule has 1 aromatic rings. The van der Waals surface area contributed by atoms with Gasteiger partial charge in [0.15, 0.2) is 0 Å². The van der Waals surface area contributed by atoms with Crippen molar-refractivity contribution < 1.29 is 5.11 Å². The van der Waals surface area contributed by atoms with Crippen LogP contribution in [0.15, 0.2) is 18.3 Å². The molecule has 3 heteroatoms. The molecule has 0 spiro atoms. The van der Waals surface area contributed by atoms with Gasteiger partial charge in [-0.05, 0) is 31.9 Å². The fourth-order valence-electron chi connectivity index (χ4n) is 1.26. The van der Waals surface area contributed by atoms with Gasteiger partial charge in [0.2, 0.25) is 0 Å². The molecule has 0 bridgehead atoms. The summed E-state index contributed by atoms with van der Waals surface area (Å²) in [7, 11) is 2.05. The van der Waals surface area contributed by atoms with Crippen molar-refractivity contribution in [1.82, 2.24) is 4.98 Å². The van der Waals surface area contributed by atoms with E-state index in [-0.39, 0.29) is 12.1 Å². The van der Waals surface area contributed by atoms with Crippen LogP contribution in [0.4, 0.5) is 5.82 Å². The van der Waals surface area contributed by atoms with E-state index >= 15 is 0 Å². The highest BCUT2D eigenvalue weighted by Gasteiger charge is 2.21. The van der Waals surface area contributed by atoms with Gasteiger partial charge >= 0.3 is 0 Å². The van der Waals surface area contributed by atoms with Gasteiger partial charge in [0.25, 0.3) is 0 Å². The van der Waals surface area contributed by atoms with Crippen LogP contribution in [-0.4, -0.2) is 22.7 Å². The maximum atomic E-state index is 8.92. The van der Waals surface area contributed by atoms with E-state index in [0.717, 1.165) is 17.8 Å². The van der Waals surface area contributed by atoms with Gasteiger partial charge in [0.05, 0.1) is 6.61 Å². The van der Waals surface area contributed by atoms with Gasteiger partial charge in [-0.3, -0.25) is 0 Å². The van der Waals surface area contributed by atoms with Crippen molar-refractivity contribution in [3.63, 3.8) is 0 Å². The number of aromatic nitrogens is 1. The predicted molar refractivity (Wildman–Crippen MR) is 62.9 cm³/mol. The first-order valence-corrected chi connectivity index (χ1v) is 5.31. The van der Waals surface area contributed by atoms with Crippen LogP contribution in [0.3, 0.4) is 0 Å². The normalized spacial score (nSPS) is 11.5. The second kappa shape index (κ2) is 4.62. The summed E-state index contributed by atoms with van der Waals surface area (Å²) in [6.45, 7) is 6.59. The fraction of sp³-hybridized carbons (Fsp3) is 0.583. The first kappa shape index (κ1) is 12.0. The molecule has 0 fully saturated rings. The van der Waals surface area contributed by atoms with Crippen LogP contribution in [0.5, 0.6) is 0 Å². The van der Waals surface area contributed by atoms with Gasteiger partial charge in [-0.25, -0.2) is 4.98 Å². The topological polar surface area (TPSA) is 36.4 Å². The number of pyridine rings is 1. The molecule has 0 aliphatic heterocycles. The quantitative estimate of drug-likeness (QED) is 0.824. The molecule has 1 aromatic heterocycles. The van der Waals surface area contributed by atoms with E-state index in [0.29, 0.717) is 0 Å². The standard InChI is InChI=1S/C12H20N2O/c1-5-12(2,3)14(4)11-7-6-10(9-15)8-13-11/h6-8,15H,5,9H2,1-4H3. The van der Waals surface area contributed by atoms with Gasteiger partial charge in [-0.2, -0.15) is 0 Å². The lowest BCUT2D eigenvalue weighted by Crippen LogP contribution is -2.41. The zero-order valence-electron chi connectivity index (χ0n) is 9.99. The van der Waals surface area contributed by atoms with Crippen molar-refractivity contribution in [1.29, 1.82) is 0 Å². The minimum Gasteiger partial charge on any atom is -0.392 e. The number of hydrogen-bond acceptors (Lipinski definition) is 3. The second-order valence-corrected chi connectivity index (χ2v) is 4.41. The van der Waals surface area contributed by atoms with Crippen LogP contribution in [-0.2, 0) is 6.61 Å². The number of aliphatic hydroxyl groups excluding tert-OH is 1. The van der Waals surface area contributed by atoms with Gasteiger partial charge in [-0.15, -0.1) is 0 Å². The Bertz CT molecular complexity index is 306. The molecule has 0 aromatic carbocycles. The first-order valence-electron chi connectivity index (χ1n) is 5.31. The molecule has 0 saturated carbocycles. The number of hydrogen-bond donors (Lipinski definition) is 1. The van der Waals surface area contributed by atoms with E-state index in [1.807, 2.05) is 19.2 Å². The van der Waals surface area contributed by atoms with Gasteiger partial charge in [-0.1, -0.05) is 13.0 Å². The second-order valence-electron chi connectivity index (χ2n) is 4.41. The van der Waals surface area contributed by atoms with Crippen LogP contribution in [0.25, 0.3) is 0 Å². The molecular weight excluding hydrogens is 188 g/mol. The number of rotatable bonds is 4. The van der Waals surface area contributed by atoms with E-state index < -0.39 is 0 Å². The first-order chi connectivity index (χ1) is 7.01. The Balaban J connectivity index is 2.87. The van der Waals surface area contributed by atoms with Crippen LogP contribution in [0.1, 0.15) is 32.8 Å². The molecule has 0 amide bonds. The molecule has 0 aliphatic rings. The lowest BCUT2D eigenvalue weighted by molar-refractivity contribution is 0.281. The third kappa shape index (κ3) is 2.69. The largest absolute Gasteiger partial charge is 0.392 e. The van der Waals surface area contributed by atoms with Gasteiger partial charge in [0, 0.05) is 18.8 Å². The number of aliphatic hydroxyl groups is 1.